The molecule has 2 heterocycles. The van der Waals surface area contributed by atoms with Crippen LogP contribution in [0.1, 0.15) is 23.5 Å². The van der Waals surface area contributed by atoms with Gasteiger partial charge in [0.25, 0.3) is 10.0 Å². The standard InChI is InChI=1S/C11H14N2O4S2/c1-2-8-5-12-10(17-8)6-13-19(15,16)11-4-3-9(7-14)18-11/h3-5,13-14H,2,6-7H2,1H3. The molecular formula is C11H14N2O4S2. The molecule has 0 amide bonds. The normalized spacial score (nSPS) is 11.9. The second-order valence-electron chi connectivity index (χ2n) is 3.78. The number of thiophene rings is 1. The van der Waals surface area contributed by atoms with E-state index < -0.39 is 10.0 Å². The third-order valence-electron chi connectivity index (χ3n) is 2.42. The van der Waals surface area contributed by atoms with Crippen molar-refractivity contribution in [3.05, 3.63) is 34.9 Å². The van der Waals surface area contributed by atoms with Crippen molar-refractivity contribution in [1.82, 2.24) is 9.71 Å². The lowest BCUT2D eigenvalue weighted by Gasteiger charge is -2.01. The van der Waals surface area contributed by atoms with Gasteiger partial charge in [-0.05, 0) is 12.1 Å². The lowest BCUT2D eigenvalue weighted by atomic mass is 10.4. The van der Waals surface area contributed by atoms with Crippen LogP contribution in [-0.2, 0) is 29.6 Å². The molecule has 0 saturated heterocycles. The first-order chi connectivity index (χ1) is 9.05. The Labute approximate surface area is 115 Å². The summed E-state index contributed by atoms with van der Waals surface area (Å²) >= 11 is 1.03. The molecule has 2 aromatic rings. The van der Waals surface area contributed by atoms with Crippen LogP contribution in [0.25, 0.3) is 0 Å². The summed E-state index contributed by atoms with van der Waals surface area (Å²) in [4.78, 5) is 4.58. The van der Waals surface area contributed by atoms with Crippen molar-refractivity contribution in [1.29, 1.82) is 0 Å². The Morgan fingerprint density at radius 1 is 1.47 bits per heavy atom. The molecule has 0 radical (unpaired) electrons. The number of rotatable bonds is 6. The van der Waals surface area contributed by atoms with Gasteiger partial charge in [-0.2, -0.15) is 0 Å². The Morgan fingerprint density at radius 2 is 2.26 bits per heavy atom. The van der Waals surface area contributed by atoms with Crippen LogP contribution in [0.5, 0.6) is 0 Å². The first kappa shape index (κ1) is 14.2. The van der Waals surface area contributed by atoms with Crippen molar-refractivity contribution in [2.45, 2.75) is 30.7 Å². The van der Waals surface area contributed by atoms with Crippen molar-refractivity contribution in [2.24, 2.45) is 0 Å². The molecule has 6 nitrogen and oxygen atoms in total. The minimum Gasteiger partial charge on any atom is -0.444 e. The van der Waals surface area contributed by atoms with Crippen molar-refractivity contribution in [3.63, 3.8) is 0 Å². The Bertz CT molecular complexity index is 645. The first-order valence-corrected chi connectivity index (χ1v) is 7.98. The summed E-state index contributed by atoms with van der Waals surface area (Å²) in [5.41, 5.74) is 0. The minimum absolute atomic E-state index is 0.00862. The fourth-order valence-electron chi connectivity index (χ4n) is 1.41. The molecule has 104 valence electrons. The van der Waals surface area contributed by atoms with Gasteiger partial charge in [-0.1, -0.05) is 6.92 Å². The molecule has 0 aromatic carbocycles. The topological polar surface area (TPSA) is 92.4 Å². The molecule has 0 spiro atoms. The van der Waals surface area contributed by atoms with E-state index in [9.17, 15) is 8.42 Å². The minimum atomic E-state index is -3.59. The van der Waals surface area contributed by atoms with E-state index in [1.165, 1.54) is 6.07 Å². The van der Waals surface area contributed by atoms with Crippen molar-refractivity contribution < 1.29 is 17.9 Å². The summed E-state index contributed by atoms with van der Waals surface area (Å²) in [5.74, 6) is 1.05. The summed E-state index contributed by atoms with van der Waals surface area (Å²) in [6.07, 6.45) is 2.29. The number of aliphatic hydroxyl groups is 1. The van der Waals surface area contributed by atoms with Crippen LogP contribution in [0.15, 0.2) is 27.0 Å². The molecule has 8 heteroatoms. The quantitative estimate of drug-likeness (QED) is 0.838. The fourth-order valence-corrected chi connectivity index (χ4v) is 3.64. The van der Waals surface area contributed by atoms with Crippen molar-refractivity contribution >= 4 is 21.4 Å². The molecule has 0 atom stereocenters. The second-order valence-corrected chi connectivity index (χ2v) is 6.94. The maximum absolute atomic E-state index is 12.0. The van der Waals surface area contributed by atoms with Gasteiger partial charge < -0.3 is 9.52 Å². The van der Waals surface area contributed by atoms with E-state index in [4.69, 9.17) is 9.52 Å². The Balaban J connectivity index is 2.05. The number of hydrogen-bond donors (Lipinski definition) is 2. The van der Waals surface area contributed by atoms with Gasteiger partial charge in [0.15, 0.2) is 0 Å². The lowest BCUT2D eigenvalue weighted by molar-refractivity contribution is 0.285. The molecule has 0 aliphatic rings. The molecule has 2 rings (SSSR count). The van der Waals surface area contributed by atoms with Gasteiger partial charge in [-0.25, -0.2) is 18.1 Å². The van der Waals surface area contributed by atoms with Gasteiger partial charge in [0.05, 0.1) is 19.3 Å². The predicted octanol–water partition coefficient (Wildman–Crippen LogP) is 1.27. The summed E-state index contributed by atoms with van der Waals surface area (Å²) in [5, 5.41) is 8.92. The molecule has 0 bridgehead atoms. The SMILES string of the molecule is CCc1cnc(CNS(=O)(=O)c2ccc(CO)s2)o1. The maximum atomic E-state index is 12.0. The van der Waals surface area contributed by atoms with Crippen LogP contribution in [0.2, 0.25) is 0 Å². The van der Waals surface area contributed by atoms with Crippen molar-refractivity contribution in [2.75, 3.05) is 0 Å². The molecular weight excluding hydrogens is 288 g/mol. The molecule has 2 N–H and O–H groups in total. The molecule has 19 heavy (non-hydrogen) atoms. The average molecular weight is 302 g/mol. The number of aryl methyl sites for hydroxylation is 1. The molecule has 0 unspecified atom stereocenters. The molecule has 2 aromatic heterocycles. The summed E-state index contributed by atoms with van der Waals surface area (Å²) in [7, 11) is -3.59. The van der Waals surface area contributed by atoms with Crippen LogP contribution in [0, 0.1) is 0 Å². The number of nitrogens with one attached hydrogen (secondary N) is 1. The van der Waals surface area contributed by atoms with Crippen LogP contribution in [0.3, 0.4) is 0 Å². The lowest BCUT2D eigenvalue weighted by Crippen LogP contribution is -2.22. The zero-order valence-corrected chi connectivity index (χ0v) is 11.9. The maximum Gasteiger partial charge on any atom is 0.250 e. The second kappa shape index (κ2) is 5.83. The molecule has 0 aliphatic carbocycles. The molecule has 0 fully saturated rings. The van der Waals surface area contributed by atoms with Crippen LogP contribution in [0.4, 0.5) is 0 Å². The Morgan fingerprint density at radius 3 is 2.84 bits per heavy atom. The zero-order valence-electron chi connectivity index (χ0n) is 10.3. The van der Waals surface area contributed by atoms with Gasteiger partial charge in [0.1, 0.15) is 9.97 Å². The third kappa shape index (κ3) is 3.41. The van der Waals surface area contributed by atoms with Crippen LogP contribution < -0.4 is 4.72 Å². The largest absolute Gasteiger partial charge is 0.444 e. The summed E-state index contributed by atoms with van der Waals surface area (Å²) in [6, 6.07) is 3.05. The number of aliphatic hydroxyl groups excluding tert-OH is 1. The predicted molar refractivity (Wildman–Crippen MR) is 70.1 cm³/mol. The van der Waals surface area contributed by atoms with Gasteiger partial charge in [0.2, 0.25) is 5.89 Å². The highest BCUT2D eigenvalue weighted by molar-refractivity contribution is 7.91. The third-order valence-corrected chi connectivity index (χ3v) is 5.38. The summed E-state index contributed by atoms with van der Waals surface area (Å²) in [6.45, 7) is 1.77. The van der Waals surface area contributed by atoms with E-state index in [-0.39, 0.29) is 17.4 Å². The van der Waals surface area contributed by atoms with Crippen LogP contribution >= 0.6 is 11.3 Å². The zero-order chi connectivity index (χ0) is 13.9. The van der Waals surface area contributed by atoms with Gasteiger partial charge in [-0.3, -0.25) is 0 Å². The van der Waals surface area contributed by atoms with E-state index in [2.05, 4.69) is 9.71 Å². The highest BCUT2D eigenvalue weighted by Crippen LogP contribution is 2.21. The van der Waals surface area contributed by atoms with Crippen molar-refractivity contribution in [3.8, 4) is 0 Å². The summed E-state index contributed by atoms with van der Waals surface area (Å²) < 4.78 is 31.8. The molecule has 0 aliphatic heterocycles. The van der Waals surface area contributed by atoms with E-state index >= 15 is 0 Å². The number of sulfonamides is 1. The van der Waals surface area contributed by atoms with E-state index in [1.54, 1.807) is 12.3 Å². The number of hydrogen-bond acceptors (Lipinski definition) is 6. The van der Waals surface area contributed by atoms with E-state index in [1.807, 2.05) is 6.92 Å². The van der Waals surface area contributed by atoms with E-state index in [0.29, 0.717) is 22.9 Å². The monoisotopic (exact) mass is 302 g/mol. The highest BCUT2D eigenvalue weighted by atomic mass is 32.2. The first-order valence-electron chi connectivity index (χ1n) is 5.68. The number of nitrogens with zero attached hydrogens (tertiary/aromatic N) is 1. The van der Waals surface area contributed by atoms with Crippen LogP contribution in [-0.4, -0.2) is 18.5 Å². The Hall–Kier alpha value is -1.22. The van der Waals surface area contributed by atoms with E-state index in [0.717, 1.165) is 11.3 Å². The van der Waals surface area contributed by atoms with Gasteiger partial charge in [-0.15, -0.1) is 11.3 Å². The van der Waals surface area contributed by atoms with Gasteiger partial charge >= 0.3 is 0 Å². The smallest absolute Gasteiger partial charge is 0.250 e. The fraction of sp³-hybridized carbons (Fsp3) is 0.364. The Kier molecular flexibility index (Phi) is 4.35. The molecule has 0 saturated carbocycles. The highest BCUT2D eigenvalue weighted by Gasteiger charge is 2.17. The number of oxazole rings is 1. The number of aromatic nitrogens is 1. The average Bonchev–Trinajstić information content (AvgIpc) is 3.05. The van der Waals surface area contributed by atoms with Gasteiger partial charge in [0, 0.05) is 11.3 Å².